The zero-order chi connectivity index (χ0) is 25.6. The van der Waals surface area contributed by atoms with E-state index in [9.17, 15) is 10.1 Å². The van der Waals surface area contributed by atoms with Crippen molar-refractivity contribution in [3.63, 3.8) is 0 Å². The number of carbonyl (C=O) groups is 1. The smallest absolute Gasteiger partial charge is 0.225 e. The number of nitrogens with zero attached hydrogens (tertiary/aromatic N) is 6. The second kappa shape index (κ2) is 8.01. The fourth-order valence-electron chi connectivity index (χ4n) is 5.81. The van der Waals surface area contributed by atoms with Crippen LogP contribution in [-0.4, -0.2) is 49.0 Å². The number of hydrogen-bond acceptors (Lipinski definition) is 8. The monoisotopic (exact) mass is 533 g/mol. The standard InChI is InChI=1S/C27H31N7OS2/c1-16(2)23(35)33-9-8-27(11-17(27)13-33)19-10-18(37-32-25(3)4-5-25)14-34-20(19)12-29-21(34)22-30-31-24(36-22)26(15-28)6-7-26/h10,12,14,16-17,32H,4-9,11,13H2,1-3H3. The predicted octanol–water partition coefficient (Wildman–Crippen LogP) is 4.70. The summed E-state index contributed by atoms with van der Waals surface area (Å²) < 4.78 is 5.85. The fraction of sp³-hybridized carbons (Fsp3) is 0.593. The first-order valence-corrected chi connectivity index (χ1v) is 14.9. The number of likely N-dealkylation sites (tertiary alicyclic amines) is 1. The van der Waals surface area contributed by atoms with Crippen molar-refractivity contribution in [3.05, 3.63) is 29.0 Å². The molecule has 3 saturated carbocycles. The number of nitriles is 1. The molecule has 2 atom stereocenters. The number of amides is 1. The lowest BCUT2D eigenvalue weighted by Gasteiger charge is -2.33. The molecule has 3 aromatic rings. The fourth-order valence-corrected chi connectivity index (χ4v) is 7.75. The summed E-state index contributed by atoms with van der Waals surface area (Å²) in [6, 6.07) is 4.78. The lowest BCUT2D eigenvalue weighted by molar-refractivity contribution is -0.135. The first kappa shape index (κ1) is 23.6. The molecule has 0 radical (unpaired) electrons. The molecule has 0 bridgehead atoms. The molecule has 3 aliphatic carbocycles. The molecule has 4 aliphatic rings. The molecule has 0 aromatic carbocycles. The van der Waals surface area contributed by atoms with Crippen LogP contribution in [0.2, 0.25) is 0 Å². The van der Waals surface area contributed by atoms with Crippen molar-refractivity contribution in [3.8, 4) is 16.9 Å². The van der Waals surface area contributed by atoms with Crippen molar-refractivity contribution >= 4 is 34.7 Å². The van der Waals surface area contributed by atoms with Crippen molar-refractivity contribution < 1.29 is 4.79 Å². The summed E-state index contributed by atoms with van der Waals surface area (Å²) >= 11 is 3.20. The molecule has 192 valence electrons. The van der Waals surface area contributed by atoms with Gasteiger partial charge in [0.05, 0.1) is 17.8 Å². The normalized spacial score (nSPS) is 26.7. The molecule has 8 nitrogen and oxygen atoms in total. The third kappa shape index (κ3) is 3.81. The van der Waals surface area contributed by atoms with Gasteiger partial charge in [-0.3, -0.25) is 13.9 Å². The van der Waals surface area contributed by atoms with E-state index in [-0.39, 0.29) is 22.8 Å². The highest BCUT2D eigenvalue weighted by molar-refractivity contribution is 7.97. The van der Waals surface area contributed by atoms with Gasteiger partial charge in [-0.25, -0.2) is 4.98 Å². The van der Waals surface area contributed by atoms with Crippen molar-refractivity contribution in [2.24, 2.45) is 11.8 Å². The van der Waals surface area contributed by atoms with E-state index >= 15 is 0 Å². The Labute approximate surface area is 225 Å². The van der Waals surface area contributed by atoms with Crippen LogP contribution < -0.4 is 4.72 Å². The van der Waals surface area contributed by atoms with Gasteiger partial charge in [0.1, 0.15) is 10.4 Å². The van der Waals surface area contributed by atoms with Crippen molar-refractivity contribution in [1.29, 1.82) is 5.26 Å². The number of fused-ring (bicyclic) bond motifs is 2. The largest absolute Gasteiger partial charge is 0.342 e. The Morgan fingerprint density at radius 1 is 1.27 bits per heavy atom. The maximum Gasteiger partial charge on any atom is 0.225 e. The van der Waals surface area contributed by atoms with Crippen LogP contribution in [0.3, 0.4) is 0 Å². The number of nitrogens with one attached hydrogen (secondary N) is 1. The van der Waals surface area contributed by atoms with Gasteiger partial charge in [0, 0.05) is 41.1 Å². The number of pyridine rings is 1. The highest BCUT2D eigenvalue weighted by Crippen LogP contribution is 2.60. The zero-order valence-electron chi connectivity index (χ0n) is 21.5. The summed E-state index contributed by atoms with van der Waals surface area (Å²) in [6.45, 7) is 7.90. The molecule has 1 N–H and O–H groups in total. The van der Waals surface area contributed by atoms with E-state index in [1.54, 1.807) is 11.9 Å². The molecular formula is C27H31N7OS2. The highest BCUT2D eigenvalue weighted by atomic mass is 32.2. The van der Waals surface area contributed by atoms with Crippen molar-refractivity contribution in [1.82, 2.24) is 29.2 Å². The van der Waals surface area contributed by atoms with E-state index in [4.69, 9.17) is 4.98 Å². The van der Waals surface area contributed by atoms with Gasteiger partial charge in [-0.2, -0.15) is 5.26 Å². The first-order chi connectivity index (χ1) is 17.8. The lowest BCUT2D eigenvalue weighted by atomic mass is 9.86. The molecule has 10 heteroatoms. The minimum Gasteiger partial charge on any atom is -0.342 e. The molecule has 7 rings (SSSR count). The van der Waals surface area contributed by atoms with Gasteiger partial charge in [0.2, 0.25) is 5.91 Å². The van der Waals surface area contributed by atoms with Crippen LogP contribution in [0.1, 0.15) is 69.9 Å². The molecule has 37 heavy (non-hydrogen) atoms. The molecular weight excluding hydrogens is 502 g/mol. The van der Waals surface area contributed by atoms with Crippen LogP contribution >= 0.6 is 23.3 Å². The van der Waals surface area contributed by atoms with Gasteiger partial charge in [-0.1, -0.05) is 25.2 Å². The van der Waals surface area contributed by atoms with E-state index in [1.807, 2.05) is 20.0 Å². The average molecular weight is 534 g/mol. The average Bonchev–Trinajstić information content (AvgIpc) is 3.85. The van der Waals surface area contributed by atoms with Crippen LogP contribution in [-0.2, 0) is 15.6 Å². The third-order valence-corrected chi connectivity index (χ3v) is 11.0. The van der Waals surface area contributed by atoms with Crippen LogP contribution in [0.25, 0.3) is 16.3 Å². The highest BCUT2D eigenvalue weighted by Gasteiger charge is 2.59. The summed E-state index contributed by atoms with van der Waals surface area (Å²) in [7, 11) is 0. The van der Waals surface area contributed by atoms with Crippen LogP contribution in [0, 0.1) is 23.2 Å². The maximum absolute atomic E-state index is 12.7. The van der Waals surface area contributed by atoms with Gasteiger partial charge in [-0.05, 0) is 74.9 Å². The second-order valence-corrected chi connectivity index (χ2v) is 13.9. The van der Waals surface area contributed by atoms with Crippen LogP contribution in [0.15, 0.2) is 23.4 Å². The Balaban J connectivity index is 1.27. The van der Waals surface area contributed by atoms with Gasteiger partial charge >= 0.3 is 0 Å². The van der Waals surface area contributed by atoms with E-state index in [2.05, 4.69) is 49.5 Å². The molecule has 0 spiro atoms. The Morgan fingerprint density at radius 2 is 2.08 bits per heavy atom. The van der Waals surface area contributed by atoms with Crippen molar-refractivity contribution in [2.45, 2.75) is 80.6 Å². The van der Waals surface area contributed by atoms with Crippen LogP contribution in [0.4, 0.5) is 0 Å². The second-order valence-electron chi connectivity index (χ2n) is 12.0. The molecule has 1 saturated heterocycles. The minimum atomic E-state index is -0.444. The maximum atomic E-state index is 12.7. The first-order valence-electron chi connectivity index (χ1n) is 13.3. The summed E-state index contributed by atoms with van der Waals surface area (Å²) in [4.78, 5) is 20.7. The lowest BCUT2D eigenvalue weighted by Crippen LogP contribution is -2.42. The van der Waals surface area contributed by atoms with E-state index in [0.717, 1.165) is 65.0 Å². The third-order valence-electron chi connectivity index (χ3n) is 8.86. The minimum absolute atomic E-state index is 0.0394. The number of hydrogen-bond donors (Lipinski definition) is 1. The number of rotatable bonds is 7. The number of aromatic nitrogens is 4. The van der Waals surface area contributed by atoms with Gasteiger partial charge in [0.25, 0.3) is 0 Å². The molecule has 2 unspecified atom stereocenters. The predicted molar refractivity (Wildman–Crippen MR) is 143 cm³/mol. The Morgan fingerprint density at radius 3 is 2.76 bits per heavy atom. The Hall–Kier alpha value is -2.48. The summed E-state index contributed by atoms with van der Waals surface area (Å²) in [5.74, 6) is 1.58. The quantitative estimate of drug-likeness (QED) is 0.439. The number of imidazole rings is 1. The van der Waals surface area contributed by atoms with Gasteiger partial charge in [0.15, 0.2) is 10.8 Å². The molecule has 1 aliphatic heterocycles. The van der Waals surface area contributed by atoms with Crippen molar-refractivity contribution in [2.75, 3.05) is 13.1 Å². The van der Waals surface area contributed by atoms with E-state index in [0.29, 0.717) is 5.92 Å². The number of piperidine rings is 1. The van der Waals surface area contributed by atoms with E-state index < -0.39 is 5.41 Å². The zero-order valence-corrected chi connectivity index (χ0v) is 23.1. The topological polar surface area (TPSA) is 99.2 Å². The Kier molecular flexibility index (Phi) is 5.11. The summed E-state index contributed by atoms with van der Waals surface area (Å²) in [6.07, 6.45) is 10.3. The van der Waals surface area contributed by atoms with Crippen LogP contribution in [0.5, 0.6) is 0 Å². The van der Waals surface area contributed by atoms with Gasteiger partial charge in [-0.15, -0.1) is 10.2 Å². The molecule has 4 fully saturated rings. The Bertz CT molecular complexity index is 1460. The molecule has 4 heterocycles. The molecule has 3 aromatic heterocycles. The van der Waals surface area contributed by atoms with E-state index in [1.165, 1.54) is 29.7 Å². The number of carbonyl (C=O) groups excluding carboxylic acids is 1. The summed E-state index contributed by atoms with van der Waals surface area (Å²) in [5.41, 5.74) is 2.31. The summed E-state index contributed by atoms with van der Waals surface area (Å²) in [5, 5.41) is 20.0. The van der Waals surface area contributed by atoms with Gasteiger partial charge < -0.3 is 4.90 Å². The SMILES string of the molecule is CC(C)C(=O)N1CCC2(c3cc(SNC4(C)CC4)cn4c(-c5nnc(C6(C#N)CC6)s5)ncc34)CC2C1. The molecule has 1 amide bonds.